The van der Waals surface area contributed by atoms with Gasteiger partial charge in [0, 0.05) is 28.6 Å². The number of fused-ring (bicyclic) bond motifs is 4. The molecule has 2 aliphatic rings. The molecule has 3 nitrogen and oxygen atoms in total. The van der Waals surface area contributed by atoms with E-state index in [9.17, 15) is 14.3 Å². The van der Waals surface area contributed by atoms with Crippen LogP contribution in [0.15, 0.2) is 42.5 Å². The number of rotatable bonds is 1. The lowest BCUT2D eigenvalue weighted by Crippen LogP contribution is -2.48. The van der Waals surface area contributed by atoms with Crippen molar-refractivity contribution < 1.29 is 14.3 Å². The number of phenols is 1. The molecule has 0 aliphatic heterocycles. The monoisotopic (exact) mass is 363 g/mol. The molecule has 2 aliphatic carbocycles. The molecule has 4 heteroatoms. The summed E-state index contributed by atoms with van der Waals surface area (Å²) in [7, 11) is 0. The van der Waals surface area contributed by atoms with Gasteiger partial charge in [0.2, 0.25) is 0 Å². The highest BCUT2D eigenvalue weighted by Crippen LogP contribution is 2.58. The van der Waals surface area contributed by atoms with Crippen LogP contribution in [0.2, 0.25) is 0 Å². The third-order valence-corrected chi connectivity index (χ3v) is 6.69. The van der Waals surface area contributed by atoms with E-state index >= 15 is 0 Å². The van der Waals surface area contributed by atoms with Crippen LogP contribution < -0.4 is 0 Å². The Bertz CT molecular complexity index is 1090. The molecule has 1 N–H and O–H groups in total. The van der Waals surface area contributed by atoms with Crippen molar-refractivity contribution in [1.82, 2.24) is 4.57 Å². The fourth-order valence-corrected chi connectivity index (χ4v) is 5.07. The average Bonchev–Trinajstić information content (AvgIpc) is 2.95. The van der Waals surface area contributed by atoms with E-state index in [0.717, 1.165) is 47.1 Å². The van der Waals surface area contributed by atoms with Crippen molar-refractivity contribution in [1.29, 1.82) is 0 Å². The van der Waals surface area contributed by atoms with Crippen LogP contribution in [0.1, 0.15) is 50.8 Å². The number of phenolic OH excluding ortho intramolecular Hbond substituents is 1. The van der Waals surface area contributed by atoms with Crippen LogP contribution in [-0.4, -0.2) is 15.5 Å². The molecule has 2 aromatic carbocycles. The van der Waals surface area contributed by atoms with E-state index in [2.05, 4.69) is 4.57 Å². The van der Waals surface area contributed by atoms with E-state index in [4.69, 9.17) is 0 Å². The number of Topliss-reactive ketones (excluding diaryl/α,β-unsaturated/α-hetero) is 1. The highest BCUT2D eigenvalue weighted by molar-refractivity contribution is 6.01. The van der Waals surface area contributed by atoms with Gasteiger partial charge >= 0.3 is 0 Å². The predicted molar refractivity (Wildman–Crippen MR) is 103 cm³/mol. The number of ketones is 1. The minimum absolute atomic E-state index is 0.176. The number of hydrogen-bond acceptors (Lipinski definition) is 2. The number of benzene rings is 2. The van der Waals surface area contributed by atoms with Crippen LogP contribution in [0.25, 0.3) is 16.6 Å². The fraction of sp³-hybridized carbons (Fsp3) is 0.348. The van der Waals surface area contributed by atoms with Gasteiger partial charge in [-0.3, -0.25) is 4.79 Å². The van der Waals surface area contributed by atoms with Gasteiger partial charge in [0.25, 0.3) is 0 Å². The molecule has 5 rings (SSSR count). The number of carbonyl (C=O) groups is 1. The zero-order chi connectivity index (χ0) is 19.0. The molecule has 0 atom stereocenters. The van der Waals surface area contributed by atoms with E-state index in [1.54, 1.807) is 18.2 Å². The second-order valence-corrected chi connectivity index (χ2v) is 8.57. The van der Waals surface area contributed by atoms with Crippen molar-refractivity contribution in [3.8, 4) is 11.4 Å². The highest BCUT2D eigenvalue weighted by Gasteiger charge is 2.54. The van der Waals surface area contributed by atoms with Crippen molar-refractivity contribution in [2.24, 2.45) is 0 Å². The standard InChI is InChI=1S/C23H22FNO2/c1-22(2)18(27)13-23(11-4-12-23)20-19-16(5-3-6-17(19)26)25(21(20)22)15-9-7-14(24)8-10-15/h3,5-10,26H,4,11-13H2,1-2H3. The summed E-state index contributed by atoms with van der Waals surface area (Å²) in [4.78, 5) is 13.2. The second-order valence-electron chi connectivity index (χ2n) is 8.57. The normalized spacial score (nSPS) is 19.9. The van der Waals surface area contributed by atoms with Gasteiger partial charge in [-0.25, -0.2) is 4.39 Å². The Balaban J connectivity index is 1.97. The van der Waals surface area contributed by atoms with Crippen LogP contribution in [0.3, 0.4) is 0 Å². The average molecular weight is 363 g/mol. The van der Waals surface area contributed by atoms with Gasteiger partial charge in [-0.05, 0) is 68.7 Å². The van der Waals surface area contributed by atoms with Gasteiger partial charge in [-0.15, -0.1) is 0 Å². The minimum Gasteiger partial charge on any atom is -0.507 e. The molecule has 0 unspecified atom stereocenters. The molecule has 0 saturated heterocycles. The van der Waals surface area contributed by atoms with Crippen LogP contribution in [0, 0.1) is 5.82 Å². The summed E-state index contributed by atoms with van der Waals surface area (Å²) in [6, 6.07) is 11.9. The lowest BCUT2D eigenvalue weighted by molar-refractivity contribution is -0.127. The number of hydrogen-bond donors (Lipinski definition) is 1. The van der Waals surface area contributed by atoms with Crippen molar-refractivity contribution in [3.05, 3.63) is 59.5 Å². The lowest BCUT2D eigenvalue weighted by atomic mass is 9.54. The van der Waals surface area contributed by atoms with Gasteiger partial charge in [0.15, 0.2) is 0 Å². The van der Waals surface area contributed by atoms with Gasteiger partial charge in [-0.1, -0.05) is 12.5 Å². The first-order valence-corrected chi connectivity index (χ1v) is 9.52. The van der Waals surface area contributed by atoms with Crippen molar-refractivity contribution in [3.63, 3.8) is 0 Å². The molecule has 0 radical (unpaired) electrons. The summed E-state index contributed by atoms with van der Waals surface area (Å²) < 4.78 is 15.6. The summed E-state index contributed by atoms with van der Waals surface area (Å²) in [5.74, 6) is 0.194. The van der Waals surface area contributed by atoms with Crippen LogP contribution in [0.5, 0.6) is 5.75 Å². The first kappa shape index (κ1) is 16.5. The Kier molecular flexibility index (Phi) is 3.20. The van der Waals surface area contributed by atoms with Crippen LogP contribution in [0.4, 0.5) is 4.39 Å². The number of nitrogens with zero attached hydrogens (tertiary/aromatic N) is 1. The summed E-state index contributed by atoms with van der Waals surface area (Å²) in [5.41, 5.74) is 2.91. The Labute approximate surface area is 157 Å². The molecule has 138 valence electrons. The summed E-state index contributed by atoms with van der Waals surface area (Å²) in [5, 5.41) is 11.6. The minimum atomic E-state index is -0.671. The number of aromatic hydroxyl groups is 1. The molecule has 27 heavy (non-hydrogen) atoms. The third kappa shape index (κ3) is 2.04. The van der Waals surface area contributed by atoms with Gasteiger partial charge < -0.3 is 9.67 Å². The first-order valence-electron chi connectivity index (χ1n) is 9.52. The quantitative estimate of drug-likeness (QED) is 0.650. The Morgan fingerprint density at radius 2 is 1.78 bits per heavy atom. The van der Waals surface area contributed by atoms with E-state index in [-0.39, 0.29) is 22.8 Å². The topological polar surface area (TPSA) is 42.2 Å². The van der Waals surface area contributed by atoms with Crippen LogP contribution in [-0.2, 0) is 15.6 Å². The number of carbonyl (C=O) groups excluding carboxylic acids is 1. The molecule has 0 amide bonds. The fourth-order valence-electron chi connectivity index (χ4n) is 5.07. The van der Waals surface area contributed by atoms with Crippen LogP contribution >= 0.6 is 0 Å². The van der Waals surface area contributed by atoms with E-state index < -0.39 is 5.41 Å². The molecular formula is C23H22FNO2. The largest absolute Gasteiger partial charge is 0.507 e. The molecule has 3 aromatic rings. The Hall–Kier alpha value is -2.62. The Morgan fingerprint density at radius 1 is 1.07 bits per heavy atom. The van der Waals surface area contributed by atoms with Gasteiger partial charge in [-0.2, -0.15) is 0 Å². The summed E-state index contributed by atoms with van der Waals surface area (Å²) in [6.07, 6.45) is 3.57. The van der Waals surface area contributed by atoms with E-state index in [1.807, 2.05) is 26.0 Å². The lowest BCUT2D eigenvalue weighted by Gasteiger charge is -2.49. The van der Waals surface area contributed by atoms with E-state index in [0.29, 0.717) is 6.42 Å². The van der Waals surface area contributed by atoms with Crippen molar-refractivity contribution in [2.45, 2.75) is 50.4 Å². The Morgan fingerprint density at radius 3 is 2.41 bits per heavy atom. The maximum Gasteiger partial charge on any atom is 0.145 e. The van der Waals surface area contributed by atoms with Crippen molar-refractivity contribution in [2.75, 3.05) is 0 Å². The first-order chi connectivity index (χ1) is 12.8. The highest BCUT2D eigenvalue weighted by atomic mass is 19.1. The zero-order valence-corrected chi connectivity index (χ0v) is 15.6. The molecule has 1 fully saturated rings. The van der Waals surface area contributed by atoms with Gasteiger partial charge in [0.1, 0.15) is 17.3 Å². The smallest absolute Gasteiger partial charge is 0.145 e. The summed E-state index contributed by atoms with van der Waals surface area (Å²) in [6.45, 7) is 3.94. The van der Waals surface area contributed by atoms with Gasteiger partial charge in [0.05, 0.1) is 10.9 Å². The second kappa shape index (κ2) is 5.22. The molecule has 1 aromatic heterocycles. The maximum atomic E-state index is 13.5. The molecular weight excluding hydrogens is 341 g/mol. The third-order valence-electron chi connectivity index (χ3n) is 6.69. The molecule has 1 heterocycles. The number of aromatic nitrogens is 1. The zero-order valence-electron chi connectivity index (χ0n) is 15.6. The number of halogens is 1. The van der Waals surface area contributed by atoms with Crippen molar-refractivity contribution >= 4 is 16.7 Å². The summed E-state index contributed by atoms with van der Waals surface area (Å²) >= 11 is 0. The van der Waals surface area contributed by atoms with E-state index in [1.165, 1.54) is 12.1 Å². The molecule has 0 bridgehead atoms. The maximum absolute atomic E-state index is 13.5. The SMILES string of the molecule is CC1(C)C(=O)CC2(CCC2)c2c1n(-c1ccc(F)cc1)c1cccc(O)c21. The molecule has 1 saturated carbocycles. The molecule has 1 spiro atoms. The predicted octanol–water partition coefficient (Wildman–Crippen LogP) is 5.15.